The van der Waals surface area contributed by atoms with Crippen LogP contribution in [0.5, 0.6) is 0 Å². The molecule has 0 atom stereocenters. The van der Waals surface area contributed by atoms with E-state index in [-0.39, 0.29) is 28.8 Å². The van der Waals surface area contributed by atoms with Crippen molar-refractivity contribution in [3.05, 3.63) is 40.5 Å². The fourth-order valence-electron chi connectivity index (χ4n) is 2.20. The smallest absolute Gasteiger partial charge is 0.309 e. The Labute approximate surface area is 168 Å². The van der Waals surface area contributed by atoms with Gasteiger partial charge in [0.1, 0.15) is 11.0 Å². The molecule has 154 valence electrons. The fourth-order valence-corrected chi connectivity index (χ4v) is 2.82. The summed E-state index contributed by atoms with van der Waals surface area (Å²) in [5.41, 5.74) is -3.38. The van der Waals surface area contributed by atoms with Gasteiger partial charge in [0.25, 0.3) is 0 Å². The number of thioether (sulfide) groups is 1. The maximum Gasteiger partial charge on any atom is 0.416 e. The van der Waals surface area contributed by atoms with Gasteiger partial charge in [0.2, 0.25) is 5.95 Å². The van der Waals surface area contributed by atoms with Crippen LogP contribution in [0, 0.1) is 0 Å². The minimum absolute atomic E-state index is 0.0299. The molecule has 0 saturated carbocycles. The summed E-state index contributed by atoms with van der Waals surface area (Å²) in [5.74, 6) is -0.223. The van der Waals surface area contributed by atoms with E-state index in [4.69, 9.17) is 11.6 Å². The predicted octanol–water partition coefficient (Wildman–Crippen LogP) is 5.42. The van der Waals surface area contributed by atoms with Crippen LogP contribution >= 0.6 is 23.4 Å². The number of nitrogens with one attached hydrogen (secondary N) is 2. The summed E-state index contributed by atoms with van der Waals surface area (Å²) in [4.78, 5) is 11.9. The van der Waals surface area contributed by atoms with Crippen LogP contribution in [-0.2, 0) is 12.4 Å². The maximum atomic E-state index is 13.0. The van der Waals surface area contributed by atoms with E-state index in [2.05, 4.69) is 30.5 Å². The van der Waals surface area contributed by atoms with Gasteiger partial charge in [-0.15, -0.1) is 0 Å². The quantitative estimate of drug-likeness (QED) is 0.237. The second-order valence-electron chi connectivity index (χ2n) is 5.49. The lowest BCUT2D eigenvalue weighted by molar-refractivity contribution is -0.143. The Balaban J connectivity index is 1.97. The second kappa shape index (κ2) is 7.71. The summed E-state index contributed by atoms with van der Waals surface area (Å²) < 4.78 is 78.0. The lowest BCUT2D eigenvalue weighted by Crippen LogP contribution is -2.11. The SMILES string of the molecule is CSc1nc(Cl)cc(Nc2nc(-c3cc(C(F)(F)F)cc(C(F)(F)F)c3)n[nH]2)n1. The molecule has 0 bridgehead atoms. The first-order chi connectivity index (χ1) is 13.5. The molecule has 0 aliphatic heterocycles. The molecule has 2 N–H and O–H groups in total. The highest BCUT2D eigenvalue weighted by Gasteiger charge is 2.37. The van der Waals surface area contributed by atoms with Crippen LogP contribution in [0.1, 0.15) is 11.1 Å². The summed E-state index contributed by atoms with van der Waals surface area (Å²) in [6.07, 6.45) is -8.23. The van der Waals surface area contributed by atoms with E-state index in [0.717, 1.165) is 0 Å². The minimum Gasteiger partial charge on any atom is -0.309 e. The van der Waals surface area contributed by atoms with Crippen molar-refractivity contribution in [3.63, 3.8) is 0 Å². The molecular formula is C15H9ClF6N6S. The number of halogens is 7. The standard InChI is InChI=1S/C15H9ClF6N6S/c1-29-13-23-9(16)5-10(25-13)24-12-26-11(27-28-12)6-2-7(14(17,18)19)4-8(3-6)15(20,21)22/h2-5H,1H3,(H2,23,24,25,26,27,28). The Morgan fingerprint density at radius 1 is 0.931 bits per heavy atom. The van der Waals surface area contributed by atoms with Crippen molar-refractivity contribution in [3.8, 4) is 11.4 Å². The molecule has 2 heterocycles. The molecule has 3 rings (SSSR count). The summed E-state index contributed by atoms with van der Waals surface area (Å²) in [6.45, 7) is 0. The third kappa shape index (κ3) is 5.09. The van der Waals surface area contributed by atoms with Gasteiger partial charge in [-0.25, -0.2) is 15.1 Å². The molecule has 2 aromatic heterocycles. The van der Waals surface area contributed by atoms with E-state index in [9.17, 15) is 26.3 Å². The normalized spacial score (nSPS) is 12.3. The zero-order chi connectivity index (χ0) is 21.4. The number of aromatic nitrogens is 5. The van der Waals surface area contributed by atoms with Crippen LogP contribution in [0.25, 0.3) is 11.4 Å². The van der Waals surface area contributed by atoms with Gasteiger partial charge in [-0.1, -0.05) is 23.4 Å². The van der Waals surface area contributed by atoms with Gasteiger partial charge < -0.3 is 5.32 Å². The number of aromatic amines is 1. The molecule has 1 aromatic carbocycles. The van der Waals surface area contributed by atoms with Gasteiger partial charge >= 0.3 is 12.4 Å². The van der Waals surface area contributed by atoms with Gasteiger partial charge in [0, 0.05) is 11.6 Å². The number of hydrogen-bond acceptors (Lipinski definition) is 6. The predicted molar refractivity (Wildman–Crippen MR) is 93.9 cm³/mol. The first-order valence-electron chi connectivity index (χ1n) is 7.53. The van der Waals surface area contributed by atoms with Crippen LogP contribution in [0.3, 0.4) is 0 Å². The van der Waals surface area contributed by atoms with Gasteiger partial charge in [-0.05, 0) is 24.5 Å². The molecule has 0 aliphatic carbocycles. The molecule has 0 spiro atoms. The molecule has 3 aromatic rings. The summed E-state index contributed by atoms with van der Waals surface area (Å²) >= 11 is 7.06. The highest BCUT2D eigenvalue weighted by Crippen LogP contribution is 2.38. The molecule has 14 heteroatoms. The molecule has 0 unspecified atom stereocenters. The van der Waals surface area contributed by atoms with Crippen molar-refractivity contribution in [2.45, 2.75) is 17.5 Å². The van der Waals surface area contributed by atoms with Crippen molar-refractivity contribution in [2.75, 3.05) is 11.6 Å². The van der Waals surface area contributed by atoms with E-state index >= 15 is 0 Å². The molecule has 0 aliphatic rings. The molecule has 0 radical (unpaired) electrons. The minimum atomic E-state index is -4.97. The molecule has 0 saturated heterocycles. The second-order valence-corrected chi connectivity index (χ2v) is 6.65. The molecule has 6 nitrogen and oxygen atoms in total. The first kappa shape index (κ1) is 21.2. The fraction of sp³-hybridized carbons (Fsp3) is 0.200. The molecular weight excluding hydrogens is 446 g/mol. The Morgan fingerprint density at radius 2 is 1.55 bits per heavy atom. The number of hydrogen-bond donors (Lipinski definition) is 2. The highest BCUT2D eigenvalue weighted by atomic mass is 35.5. The average Bonchev–Trinajstić information content (AvgIpc) is 3.07. The van der Waals surface area contributed by atoms with Crippen molar-refractivity contribution in [1.29, 1.82) is 0 Å². The molecule has 0 amide bonds. The maximum absolute atomic E-state index is 13.0. The van der Waals surface area contributed by atoms with E-state index < -0.39 is 29.0 Å². The monoisotopic (exact) mass is 454 g/mol. The highest BCUT2D eigenvalue weighted by molar-refractivity contribution is 7.98. The largest absolute Gasteiger partial charge is 0.416 e. The summed E-state index contributed by atoms with van der Waals surface area (Å²) in [6, 6.07) is 2.46. The van der Waals surface area contributed by atoms with Crippen LogP contribution in [-0.4, -0.2) is 31.4 Å². The van der Waals surface area contributed by atoms with Crippen LogP contribution in [0.2, 0.25) is 5.15 Å². The van der Waals surface area contributed by atoms with Crippen LogP contribution in [0.4, 0.5) is 38.1 Å². The third-order valence-corrected chi connectivity index (χ3v) is 4.18. The van der Waals surface area contributed by atoms with Crippen LogP contribution < -0.4 is 5.32 Å². The Bertz CT molecular complexity index is 1000. The zero-order valence-electron chi connectivity index (χ0n) is 14.2. The number of nitrogens with zero attached hydrogens (tertiary/aromatic N) is 4. The average molecular weight is 455 g/mol. The number of rotatable bonds is 4. The van der Waals surface area contributed by atoms with Crippen molar-refractivity contribution < 1.29 is 26.3 Å². The number of anilines is 2. The Hall–Kier alpha value is -2.54. The molecule has 0 fully saturated rings. The van der Waals surface area contributed by atoms with Crippen molar-refractivity contribution in [1.82, 2.24) is 25.1 Å². The van der Waals surface area contributed by atoms with Gasteiger partial charge in [0.05, 0.1) is 11.1 Å². The number of H-pyrrole nitrogens is 1. The van der Waals surface area contributed by atoms with Crippen LogP contribution in [0.15, 0.2) is 29.4 Å². The van der Waals surface area contributed by atoms with E-state index in [0.29, 0.717) is 17.3 Å². The number of alkyl halides is 6. The first-order valence-corrected chi connectivity index (χ1v) is 9.14. The lowest BCUT2D eigenvalue weighted by atomic mass is 10.0. The van der Waals surface area contributed by atoms with Gasteiger partial charge in [0.15, 0.2) is 11.0 Å². The summed E-state index contributed by atoms with van der Waals surface area (Å²) in [5, 5.41) is 9.20. The van der Waals surface area contributed by atoms with E-state index in [1.54, 1.807) is 6.26 Å². The van der Waals surface area contributed by atoms with Crippen molar-refractivity contribution in [2.24, 2.45) is 0 Å². The third-order valence-electron chi connectivity index (χ3n) is 3.43. The Morgan fingerprint density at radius 3 is 2.10 bits per heavy atom. The van der Waals surface area contributed by atoms with Crippen molar-refractivity contribution >= 4 is 35.1 Å². The van der Waals surface area contributed by atoms with Gasteiger partial charge in [-0.3, -0.25) is 0 Å². The van der Waals surface area contributed by atoms with Gasteiger partial charge in [-0.2, -0.15) is 36.4 Å². The molecule has 29 heavy (non-hydrogen) atoms. The topological polar surface area (TPSA) is 79.4 Å². The lowest BCUT2D eigenvalue weighted by Gasteiger charge is -2.13. The van der Waals surface area contributed by atoms with E-state index in [1.165, 1.54) is 17.8 Å². The van der Waals surface area contributed by atoms with E-state index in [1.807, 2.05) is 0 Å². The zero-order valence-corrected chi connectivity index (χ0v) is 15.7. The number of benzene rings is 1. The Kier molecular flexibility index (Phi) is 5.63. The summed E-state index contributed by atoms with van der Waals surface area (Å²) in [7, 11) is 0.